The average Bonchev–Trinajstić information content (AvgIpc) is 3.03. The number of benzene rings is 1. The first-order valence-electron chi connectivity index (χ1n) is 6.39. The first kappa shape index (κ1) is 13.7. The number of hydrogen-bond acceptors (Lipinski definition) is 6. The van der Waals surface area contributed by atoms with Crippen LogP contribution < -0.4 is 5.32 Å². The summed E-state index contributed by atoms with van der Waals surface area (Å²) in [5, 5.41) is 17.3. The number of aromatic carboxylic acids is 1. The lowest BCUT2D eigenvalue weighted by molar-refractivity contribution is 0.0701. The number of thiophene rings is 1. The Morgan fingerprint density at radius 2 is 2.19 bits per heavy atom. The van der Waals surface area contributed by atoms with Gasteiger partial charge >= 0.3 is 5.97 Å². The van der Waals surface area contributed by atoms with Crippen molar-refractivity contribution in [2.24, 2.45) is 0 Å². The molecule has 3 rings (SSSR count). The molecule has 0 bridgehead atoms. The molecule has 2 N–H and O–H groups in total. The van der Waals surface area contributed by atoms with Crippen molar-refractivity contribution in [2.45, 2.75) is 20.0 Å². The van der Waals surface area contributed by atoms with Crippen LogP contribution in [0.1, 0.15) is 27.0 Å². The number of carbonyl (C=O) groups is 1. The minimum Gasteiger partial charge on any atom is -0.477 e. The van der Waals surface area contributed by atoms with Gasteiger partial charge in [0.15, 0.2) is 5.82 Å². The lowest BCUT2D eigenvalue weighted by Crippen LogP contribution is -2.15. The molecular weight excluding hydrogens is 290 g/mol. The summed E-state index contributed by atoms with van der Waals surface area (Å²) in [4.78, 5) is 15.8. The molecule has 0 saturated carbocycles. The van der Waals surface area contributed by atoms with E-state index in [0.717, 1.165) is 15.6 Å². The predicted octanol–water partition coefficient (Wildman–Crippen LogP) is 2.58. The van der Waals surface area contributed by atoms with Gasteiger partial charge in [-0.15, -0.1) is 11.3 Å². The molecule has 0 fully saturated rings. The fraction of sp³-hybridized carbons (Fsp3) is 0.214. The Morgan fingerprint density at radius 1 is 1.38 bits per heavy atom. The molecule has 2 aromatic heterocycles. The Bertz CT molecular complexity index is 794. The van der Waals surface area contributed by atoms with Crippen LogP contribution in [0.2, 0.25) is 0 Å². The number of aromatic nitrogens is 2. The largest absolute Gasteiger partial charge is 0.477 e. The average molecular weight is 303 g/mol. The van der Waals surface area contributed by atoms with Crippen LogP contribution in [0.25, 0.3) is 10.1 Å². The number of fused-ring (bicyclic) bond motifs is 1. The van der Waals surface area contributed by atoms with E-state index in [1.54, 1.807) is 6.92 Å². The number of nitrogens with one attached hydrogen (secondary N) is 1. The number of carboxylic acids is 1. The molecule has 0 unspecified atom stereocenters. The quantitative estimate of drug-likeness (QED) is 0.753. The summed E-state index contributed by atoms with van der Waals surface area (Å²) >= 11 is 1.29. The smallest absolute Gasteiger partial charge is 0.346 e. The highest BCUT2D eigenvalue weighted by molar-refractivity contribution is 7.21. The van der Waals surface area contributed by atoms with Crippen LogP contribution in [0.3, 0.4) is 0 Å². The Balaban J connectivity index is 1.82. The van der Waals surface area contributed by atoms with Gasteiger partial charge in [-0.2, -0.15) is 4.98 Å². The molecule has 2 heterocycles. The standard InChI is InChI=1S/C14H13N3O3S/c1-8-16-12(17-20-8)7-15-6-10-9-4-2-3-5-11(9)21-13(10)14(18)19/h2-5,15H,6-7H2,1H3,(H,18,19). The molecular formula is C14H13N3O3S. The molecule has 0 radical (unpaired) electrons. The predicted molar refractivity (Wildman–Crippen MR) is 78.4 cm³/mol. The molecule has 0 saturated heterocycles. The van der Waals surface area contributed by atoms with Gasteiger partial charge in [0.25, 0.3) is 0 Å². The fourth-order valence-corrected chi connectivity index (χ4v) is 3.22. The zero-order valence-electron chi connectivity index (χ0n) is 11.3. The second-order valence-electron chi connectivity index (χ2n) is 4.54. The number of nitrogens with zero attached hydrogens (tertiary/aromatic N) is 2. The van der Waals surface area contributed by atoms with E-state index in [1.165, 1.54) is 11.3 Å². The van der Waals surface area contributed by atoms with Crippen LogP contribution in [0.5, 0.6) is 0 Å². The highest BCUT2D eigenvalue weighted by Gasteiger charge is 2.17. The summed E-state index contributed by atoms with van der Waals surface area (Å²) < 4.78 is 5.87. The number of carboxylic acid groups (broad SMARTS) is 1. The monoisotopic (exact) mass is 303 g/mol. The maximum atomic E-state index is 11.4. The summed E-state index contributed by atoms with van der Waals surface area (Å²) in [6.45, 7) is 2.60. The molecule has 7 heteroatoms. The van der Waals surface area contributed by atoms with Gasteiger partial charge in [-0.25, -0.2) is 4.79 Å². The molecule has 0 amide bonds. The second-order valence-corrected chi connectivity index (χ2v) is 5.60. The molecule has 6 nitrogen and oxygen atoms in total. The Hall–Kier alpha value is -2.25. The number of hydrogen-bond donors (Lipinski definition) is 2. The SMILES string of the molecule is Cc1nc(CNCc2c(C(=O)O)sc3ccccc23)no1. The minimum absolute atomic E-state index is 0.369. The summed E-state index contributed by atoms with van der Waals surface area (Å²) in [6, 6.07) is 7.68. The third kappa shape index (κ3) is 2.79. The van der Waals surface area contributed by atoms with Crippen LogP contribution in [0, 0.1) is 6.92 Å². The molecule has 1 aromatic carbocycles. The highest BCUT2D eigenvalue weighted by atomic mass is 32.1. The van der Waals surface area contributed by atoms with E-state index in [4.69, 9.17) is 4.52 Å². The van der Waals surface area contributed by atoms with E-state index in [9.17, 15) is 9.90 Å². The van der Waals surface area contributed by atoms with Gasteiger partial charge in [-0.1, -0.05) is 23.4 Å². The van der Waals surface area contributed by atoms with E-state index < -0.39 is 5.97 Å². The van der Waals surface area contributed by atoms with Gasteiger partial charge in [0.05, 0.1) is 6.54 Å². The summed E-state index contributed by atoms with van der Waals surface area (Å²) in [5.41, 5.74) is 0.795. The van der Waals surface area contributed by atoms with Gasteiger partial charge < -0.3 is 14.9 Å². The number of rotatable bonds is 5. The maximum absolute atomic E-state index is 11.4. The van der Waals surface area contributed by atoms with E-state index in [2.05, 4.69) is 15.5 Å². The van der Waals surface area contributed by atoms with Crippen LogP contribution in [-0.4, -0.2) is 21.2 Å². The Morgan fingerprint density at radius 3 is 2.90 bits per heavy atom. The maximum Gasteiger partial charge on any atom is 0.346 e. The van der Waals surface area contributed by atoms with Gasteiger partial charge in [-0.05, 0) is 17.0 Å². The van der Waals surface area contributed by atoms with Crippen molar-refractivity contribution in [1.82, 2.24) is 15.5 Å². The summed E-state index contributed by atoms with van der Waals surface area (Å²) in [5.74, 6) is 0.173. The zero-order valence-corrected chi connectivity index (χ0v) is 12.1. The van der Waals surface area contributed by atoms with Crippen molar-refractivity contribution >= 4 is 27.4 Å². The van der Waals surface area contributed by atoms with Crippen molar-refractivity contribution in [2.75, 3.05) is 0 Å². The van der Waals surface area contributed by atoms with E-state index in [0.29, 0.717) is 29.7 Å². The first-order chi connectivity index (χ1) is 10.1. The van der Waals surface area contributed by atoms with E-state index in [1.807, 2.05) is 24.3 Å². The van der Waals surface area contributed by atoms with Crippen LogP contribution in [-0.2, 0) is 13.1 Å². The molecule has 0 aliphatic carbocycles. The third-order valence-corrected chi connectivity index (χ3v) is 4.25. The Kier molecular flexibility index (Phi) is 3.68. The molecule has 0 atom stereocenters. The lowest BCUT2D eigenvalue weighted by atomic mass is 10.1. The van der Waals surface area contributed by atoms with Crippen molar-refractivity contribution in [3.63, 3.8) is 0 Å². The summed E-state index contributed by atoms with van der Waals surface area (Å²) in [6.07, 6.45) is 0. The lowest BCUT2D eigenvalue weighted by Gasteiger charge is -2.03. The molecule has 0 spiro atoms. The van der Waals surface area contributed by atoms with E-state index in [-0.39, 0.29) is 0 Å². The molecule has 0 aliphatic heterocycles. The first-order valence-corrected chi connectivity index (χ1v) is 7.20. The Labute approximate surface area is 124 Å². The minimum atomic E-state index is -0.900. The van der Waals surface area contributed by atoms with E-state index >= 15 is 0 Å². The topological polar surface area (TPSA) is 88.2 Å². The number of aryl methyl sites for hydroxylation is 1. The fourth-order valence-electron chi connectivity index (χ4n) is 2.16. The second kappa shape index (κ2) is 5.63. The normalized spacial score (nSPS) is 11.1. The van der Waals surface area contributed by atoms with Crippen molar-refractivity contribution < 1.29 is 14.4 Å². The molecule has 0 aliphatic rings. The van der Waals surface area contributed by atoms with Crippen LogP contribution in [0.4, 0.5) is 0 Å². The van der Waals surface area contributed by atoms with Gasteiger partial charge in [0, 0.05) is 18.2 Å². The molecule has 3 aromatic rings. The van der Waals surface area contributed by atoms with Crippen molar-refractivity contribution in [3.8, 4) is 0 Å². The highest BCUT2D eigenvalue weighted by Crippen LogP contribution is 2.31. The van der Waals surface area contributed by atoms with Gasteiger partial charge in [0.2, 0.25) is 5.89 Å². The van der Waals surface area contributed by atoms with Crippen LogP contribution in [0.15, 0.2) is 28.8 Å². The zero-order chi connectivity index (χ0) is 14.8. The molecule has 21 heavy (non-hydrogen) atoms. The van der Waals surface area contributed by atoms with Gasteiger partial charge in [-0.3, -0.25) is 0 Å². The summed E-state index contributed by atoms with van der Waals surface area (Å²) in [7, 11) is 0. The van der Waals surface area contributed by atoms with Crippen molar-refractivity contribution in [3.05, 3.63) is 46.4 Å². The third-order valence-electron chi connectivity index (χ3n) is 3.05. The van der Waals surface area contributed by atoms with Gasteiger partial charge in [0.1, 0.15) is 4.88 Å². The van der Waals surface area contributed by atoms with Crippen molar-refractivity contribution in [1.29, 1.82) is 0 Å². The molecule has 108 valence electrons. The van der Waals surface area contributed by atoms with Crippen LogP contribution >= 0.6 is 11.3 Å².